The van der Waals surface area contributed by atoms with Crippen LogP contribution in [0.25, 0.3) is 0 Å². The number of hydrogen-bond acceptors (Lipinski definition) is 2. The maximum absolute atomic E-state index is 5.30. The SMILES string of the molecule is COc1ccc(OC)c2c1CCC[N]2. The fraction of sp³-hybridized carbons (Fsp3) is 0.455. The van der Waals surface area contributed by atoms with Crippen LogP contribution in [0.4, 0.5) is 5.69 Å². The predicted octanol–water partition coefficient (Wildman–Crippen LogP) is 1.89. The van der Waals surface area contributed by atoms with E-state index in [4.69, 9.17) is 9.47 Å². The van der Waals surface area contributed by atoms with E-state index in [1.807, 2.05) is 12.1 Å². The second-order valence-corrected chi connectivity index (χ2v) is 3.28. The third kappa shape index (κ3) is 1.39. The molecule has 1 aromatic carbocycles. The Kier molecular flexibility index (Phi) is 2.48. The van der Waals surface area contributed by atoms with Gasteiger partial charge in [0.15, 0.2) is 0 Å². The summed E-state index contributed by atoms with van der Waals surface area (Å²) in [5, 5.41) is 4.47. The van der Waals surface area contributed by atoms with Crippen molar-refractivity contribution in [1.29, 1.82) is 0 Å². The van der Waals surface area contributed by atoms with E-state index < -0.39 is 0 Å². The van der Waals surface area contributed by atoms with Crippen molar-refractivity contribution in [3.05, 3.63) is 17.7 Å². The molecule has 75 valence electrons. The van der Waals surface area contributed by atoms with Crippen molar-refractivity contribution in [2.24, 2.45) is 0 Å². The number of fused-ring (bicyclic) bond motifs is 1. The van der Waals surface area contributed by atoms with Crippen molar-refractivity contribution in [3.8, 4) is 11.5 Å². The average Bonchev–Trinajstić information content (AvgIpc) is 2.27. The summed E-state index contributed by atoms with van der Waals surface area (Å²) in [5.74, 6) is 1.77. The Balaban J connectivity index is 2.50. The molecular formula is C11H14NO2. The van der Waals surface area contributed by atoms with Crippen molar-refractivity contribution in [1.82, 2.24) is 5.32 Å². The minimum Gasteiger partial charge on any atom is -0.496 e. The van der Waals surface area contributed by atoms with Crippen LogP contribution in [0.2, 0.25) is 0 Å². The average molecular weight is 192 g/mol. The standard InChI is InChI=1S/C11H14NO2/c1-13-9-5-6-10(14-2)11-8(9)4-3-7-12-11/h5-6H,3-4,7H2,1-2H3. The third-order valence-electron chi connectivity index (χ3n) is 2.50. The highest BCUT2D eigenvalue weighted by Gasteiger charge is 2.18. The van der Waals surface area contributed by atoms with Crippen LogP contribution in [0, 0.1) is 0 Å². The van der Waals surface area contributed by atoms with Crippen molar-refractivity contribution in [2.75, 3.05) is 20.8 Å². The number of benzene rings is 1. The highest BCUT2D eigenvalue weighted by molar-refractivity contribution is 5.63. The van der Waals surface area contributed by atoms with Crippen LogP contribution >= 0.6 is 0 Å². The maximum Gasteiger partial charge on any atom is 0.144 e. The molecule has 2 rings (SSSR count). The molecule has 0 atom stereocenters. The normalized spacial score (nSPS) is 14.1. The zero-order valence-electron chi connectivity index (χ0n) is 8.54. The Bertz CT molecular complexity index is 303. The van der Waals surface area contributed by atoms with Gasteiger partial charge in [-0.1, -0.05) is 0 Å². The van der Waals surface area contributed by atoms with Gasteiger partial charge in [0.05, 0.1) is 14.2 Å². The Labute approximate surface area is 84.0 Å². The number of rotatable bonds is 2. The first-order valence-electron chi connectivity index (χ1n) is 4.78. The first-order chi connectivity index (χ1) is 6.86. The van der Waals surface area contributed by atoms with Crippen molar-refractivity contribution >= 4 is 5.69 Å². The van der Waals surface area contributed by atoms with Crippen LogP contribution in [0.3, 0.4) is 0 Å². The summed E-state index contributed by atoms with van der Waals surface area (Å²) in [4.78, 5) is 0. The van der Waals surface area contributed by atoms with Gasteiger partial charge in [-0.3, -0.25) is 5.32 Å². The van der Waals surface area contributed by atoms with Crippen LogP contribution < -0.4 is 14.8 Å². The van der Waals surface area contributed by atoms with Gasteiger partial charge in [-0.2, -0.15) is 0 Å². The molecule has 0 aromatic heterocycles. The summed E-state index contributed by atoms with van der Waals surface area (Å²) in [5.41, 5.74) is 2.15. The lowest BCUT2D eigenvalue weighted by Gasteiger charge is -2.20. The van der Waals surface area contributed by atoms with Crippen LogP contribution in [0.1, 0.15) is 12.0 Å². The molecule has 3 nitrogen and oxygen atoms in total. The molecule has 1 radical (unpaired) electrons. The minimum atomic E-state index is 0.848. The van der Waals surface area contributed by atoms with Gasteiger partial charge in [-0.15, -0.1) is 0 Å². The smallest absolute Gasteiger partial charge is 0.144 e. The van der Waals surface area contributed by atoms with E-state index in [0.29, 0.717) is 0 Å². The fourth-order valence-corrected chi connectivity index (χ4v) is 1.81. The summed E-state index contributed by atoms with van der Waals surface area (Å²) in [6.07, 6.45) is 2.12. The molecule has 3 heteroatoms. The number of nitrogens with zero attached hydrogens (tertiary/aromatic N) is 1. The zero-order chi connectivity index (χ0) is 9.97. The lowest BCUT2D eigenvalue weighted by molar-refractivity contribution is 0.394. The Morgan fingerprint density at radius 3 is 2.57 bits per heavy atom. The van der Waals surface area contributed by atoms with E-state index in [2.05, 4.69) is 5.32 Å². The molecule has 1 aliphatic heterocycles. The highest BCUT2D eigenvalue weighted by Crippen LogP contribution is 2.38. The molecule has 0 amide bonds. The van der Waals surface area contributed by atoms with Gasteiger partial charge in [0.1, 0.15) is 17.2 Å². The Hall–Kier alpha value is -1.38. The van der Waals surface area contributed by atoms with E-state index >= 15 is 0 Å². The van der Waals surface area contributed by atoms with E-state index in [9.17, 15) is 0 Å². The largest absolute Gasteiger partial charge is 0.496 e. The summed E-state index contributed by atoms with van der Waals surface area (Å²) >= 11 is 0. The molecule has 1 aliphatic rings. The lowest BCUT2D eigenvalue weighted by atomic mass is 10.0. The van der Waals surface area contributed by atoms with Gasteiger partial charge < -0.3 is 9.47 Å². The molecule has 0 saturated heterocycles. The molecule has 0 bridgehead atoms. The molecule has 0 unspecified atom stereocenters. The summed E-state index contributed by atoms with van der Waals surface area (Å²) in [7, 11) is 3.36. The first-order valence-corrected chi connectivity index (χ1v) is 4.78. The molecular weight excluding hydrogens is 178 g/mol. The van der Waals surface area contributed by atoms with Gasteiger partial charge in [-0.05, 0) is 25.0 Å². The van der Waals surface area contributed by atoms with Gasteiger partial charge >= 0.3 is 0 Å². The summed E-state index contributed by atoms with van der Waals surface area (Å²) in [6.45, 7) is 0.885. The monoisotopic (exact) mass is 192 g/mol. The van der Waals surface area contributed by atoms with Gasteiger partial charge in [-0.25, -0.2) is 0 Å². The highest BCUT2D eigenvalue weighted by atomic mass is 16.5. The second-order valence-electron chi connectivity index (χ2n) is 3.28. The van der Waals surface area contributed by atoms with E-state index in [0.717, 1.165) is 36.6 Å². The van der Waals surface area contributed by atoms with Crippen molar-refractivity contribution < 1.29 is 9.47 Å². The zero-order valence-corrected chi connectivity index (χ0v) is 8.54. The molecule has 0 saturated carbocycles. The van der Waals surface area contributed by atoms with Crippen molar-refractivity contribution in [3.63, 3.8) is 0 Å². The topological polar surface area (TPSA) is 32.6 Å². The predicted molar refractivity (Wildman–Crippen MR) is 54.5 cm³/mol. The van der Waals surface area contributed by atoms with E-state index in [1.165, 1.54) is 5.56 Å². The molecule has 0 N–H and O–H groups in total. The number of ether oxygens (including phenoxy) is 2. The first kappa shape index (κ1) is 9.19. The van der Waals surface area contributed by atoms with Gasteiger partial charge in [0, 0.05) is 12.1 Å². The van der Waals surface area contributed by atoms with Crippen LogP contribution in [0.15, 0.2) is 12.1 Å². The van der Waals surface area contributed by atoms with E-state index in [-0.39, 0.29) is 0 Å². The van der Waals surface area contributed by atoms with Crippen LogP contribution in [-0.4, -0.2) is 20.8 Å². The molecule has 1 aromatic rings. The lowest BCUT2D eigenvalue weighted by Crippen LogP contribution is -2.12. The third-order valence-corrected chi connectivity index (χ3v) is 2.50. The number of methoxy groups -OCH3 is 2. The molecule has 14 heavy (non-hydrogen) atoms. The number of hydrogen-bond donors (Lipinski definition) is 0. The van der Waals surface area contributed by atoms with Crippen LogP contribution in [-0.2, 0) is 6.42 Å². The maximum atomic E-state index is 5.30. The van der Waals surface area contributed by atoms with Crippen molar-refractivity contribution in [2.45, 2.75) is 12.8 Å². The summed E-state index contributed by atoms with van der Waals surface area (Å²) < 4.78 is 10.6. The molecule has 0 spiro atoms. The Morgan fingerprint density at radius 1 is 1.14 bits per heavy atom. The minimum absolute atomic E-state index is 0.848. The fourth-order valence-electron chi connectivity index (χ4n) is 1.81. The molecule has 1 heterocycles. The Morgan fingerprint density at radius 2 is 1.86 bits per heavy atom. The second kappa shape index (κ2) is 3.78. The molecule has 0 aliphatic carbocycles. The van der Waals surface area contributed by atoms with Gasteiger partial charge in [0.25, 0.3) is 0 Å². The van der Waals surface area contributed by atoms with Gasteiger partial charge in [0.2, 0.25) is 0 Å². The summed E-state index contributed by atoms with van der Waals surface area (Å²) in [6, 6.07) is 3.85. The van der Waals surface area contributed by atoms with Crippen LogP contribution in [0.5, 0.6) is 11.5 Å². The quantitative estimate of drug-likeness (QED) is 0.716. The molecule has 0 fully saturated rings. The van der Waals surface area contributed by atoms with E-state index in [1.54, 1.807) is 14.2 Å².